The first-order chi connectivity index (χ1) is 49.1. The molecule has 11 rings (SSSR count). The molecule has 3 fully saturated rings. The first-order valence-corrected chi connectivity index (χ1v) is 32.4. The van der Waals surface area contributed by atoms with Crippen LogP contribution in [0, 0.1) is 5.92 Å². The third-order valence-corrected chi connectivity index (χ3v) is 16.9. The first-order valence-electron chi connectivity index (χ1n) is 32.4. The fraction of sp³-hybridized carbons (Fsp3) is 0.269. The van der Waals surface area contributed by atoms with Crippen molar-refractivity contribution >= 4 is 53.7 Å². The van der Waals surface area contributed by atoms with Crippen molar-refractivity contribution in [2.45, 2.75) is 106 Å². The molecule has 520 valence electrons. The van der Waals surface area contributed by atoms with Crippen LogP contribution in [-0.2, 0) is 71.1 Å². The topological polar surface area (TPSA) is 283 Å². The summed E-state index contributed by atoms with van der Waals surface area (Å²) in [5.74, 6) is -9.94. The monoisotopic (exact) mass is 1370 g/mol. The second kappa shape index (κ2) is 34.0. The third kappa shape index (κ3) is 18.0. The largest absolute Gasteiger partial charge is 0.469 e. The van der Waals surface area contributed by atoms with Gasteiger partial charge in [-0.15, -0.1) is 0 Å². The lowest BCUT2D eigenvalue weighted by Crippen LogP contribution is -2.67. The zero-order valence-electron chi connectivity index (χ0n) is 54.8. The van der Waals surface area contributed by atoms with E-state index in [1.165, 1.54) is 111 Å². The molecule has 23 nitrogen and oxygen atoms in total. The van der Waals surface area contributed by atoms with Gasteiger partial charge in [0.25, 0.3) is 0 Å². The first kappa shape index (κ1) is 71.1. The Bertz CT molecular complexity index is 4100. The minimum atomic E-state index is -2.06. The second-order valence-corrected chi connectivity index (χ2v) is 23.6. The number of benzene rings is 8. The molecule has 0 radical (unpaired) electrons. The van der Waals surface area contributed by atoms with Crippen LogP contribution in [0.25, 0.3) is 0 Å². The van der Waals surface area contributed by atoms with Gasteiger partial charge in [0.1, 0.15) is 43.7 Å². The predicted octanol–water partition coefficient (Wildman–Crippen LogP) is 10.3. The fourth-order valence-corrected chi connectivity index (χ4v) is 11.8. The molecule has 101 heavy (non-hydrogen) atoms. The highest BCUT2D eigenvalue weighted by Crippen LogP contribution is 2.41. The van der Waals surface area contributed by atoms with Gasteiger partial charge in [-0.25, -0.2) is 38.4 Å². The molecular weight excluding hydrogens is 1300 g/mol. The predicted molar refractivity (Wildman–Crippen MR) is 355 cm³/mol. The molecule has 8 aromatic rings. The van der Waals surface area contributed by atoms with E-state index in [2.05, 4.69) is 0 Å². The number of hydrogen-bond donors (Lipinski definition) is 0. The van der Waals surface area contributed by atoms with E-state index < -0.39 is 165 Å². The molecule has 3 saturated heterocycles. The van der Waals surface area contributed by atoms with Gasteiger partial charge in [-0.1, -0.05) is 146 Å². The van der Waals surface area contributed by atoms with Crippen molar-refractivity contribution in [2.75, 3.05) is 20.3 Å². The standard InChI is InChI=1S/C78H70O23/c1-47-61(94-71(82)51-32-16-6-17-33-51)66(101-77-64(97-74(85)54-38-22-9-23-39-54)57(44-60(79)88-3)63(96-73(84)53-36-20-8-21-37-53)58(93-77)45-89-69(80)49-28-12-4-13-29-49)65(59(91-47)46-90-70(81)50-30-14-5-15-31-50)100-78-68(99-76(87)56-42-26-11-27-43-56)67(98-75(86)55-40-24-10-25-41-55)62(48(2)92-78)95-72(83)52-34-18-7-19-35-52/h4-43,47-48,57-59,61-68,77-78H,44-46H2,1-3H3/t47-,48?,57?,58?,59?,61-,62+,63+,64+,65-,66?,67?,68?,77-,78+/m0/s1. The van der Waals surface area contributed by atoms with Gasteiger partial charge in [0, 0.05) is 0 Å². The Morgan fingerprint density at radius 2 is 0.554 bits per heavy atom. The van der Waals surface area contributed by atoms with Crippen molar-refractivity contribution in [1.82, 2.24) is 0 Å². The van der Waals surface area contributed by atoms with Crippen LogP contribution in [0.15, 0.2) is 243 Å². The second-order valence-electron chi connectivity index (χ2n) is 23.6. The van der Waals surface area contributed by atoms with Crippen LogP contribution >= 0.6 is 0 Å². The van der Waals surface area contributed by atoms with Gasteiger partial charge in [0.15, 0.2) is 43.1 Å². The summed E-state index contributed by atoms with van der Waals surface area (Å²) >= 11 is 0. The zero-order valence-corrected chi connectivity index (χ0v) is 54.8. The Labute approximate surface area is 580 Å². The molecule has 3 aliphatic heterocycles. The molecule has 0 spiro atoms. The van der Waals surface area contributed by atoms with Crippen molar-refractivity contribution in [2.24, 2.45) is 5.92 Å². The lowest BCUT2D eigenvalue weighted by Gasteiger charge is -2.51. The average molecular weight is 1380 g/mol. The van der Waals surface area contributed by atoms with Gasteiger partial charge in [-0.2, -0.15) is 0 Å². The number of ether oxygens (including phenoxy) is 14. The smallest absolute Gasteiger partial charge is 0.338 e. The maximum Gasteiger partial charge on any atom is 0.338 e. The third-order valence-electron chi connectivity index (χ3n) is 16.9. The number of esters is 9. The molecule has 0 amide bonds. The normalized spacial score (nSPS) is 24.5. The van der Waals surface area contributed by atoms with Gasteiger partial charge in [0.05, 0.1) is 76.2 Å². The Hall–Kier alpha value is -11.2. The minimum Gasteiger partial charge on any atom is -0.469 e. The number of carbonyl (C=O) groups excluding carboxylic acids is 9. The van der Waals surface area contributed by atoms with Crippen LogP contribution < -0.4 is 0 Å². The summed E-state index contributed by atoms with van der Waals surface area (Å²) in [5, 5.41) is 0. The summed E-state index contributed by atoms with van der Waals surface area (Å²) in [6, 6.07) is 62.5. The zero-order chi connectivity index (χ0) is 70.8. The van der Waals surface area contributed by atoms with E-state index in [1.54, 1.807) is 146 Å². The minimum absolute atomic E-state index is 0.00531. The summed E-state index contributed by atoms with van der Waals surface area (Å²) in [6.45, 7) is 1.54. The quantitative estimate of drug-likeness (QED) is 0.0401. The highest BCUT2D eigenvalue weighted by atomic mass is 16.8. The SMILES string of the molecule is COC(=O)CC1[C@@H](OC(=O)c2ccccc2)C(COC(=O)c2ccccc2)O[C@@H](OC2[C@@H](O[C@H]3OC(C)[C@@H](OC(=O)c4ccccc4)C(OC(=O)c4ccccc4)C3OC(=O)c3ccccc3)C(COC(=O)c3ccccc3)O[C@@H](C)[C@@H]2OC(=O)c2ccccc2)[C@@H]1OC(=O)c1ccccc1. The lowest BCUT2D eigenvalue weighted by molar-refractivity contribution is -0.364. The molecule has 23 heteroatoms. The van der Waals surface area contributed by atoms with E-state index in [0.717, 1.165) is 7.11 Å². The fourth-order valence-electron chi connectivity index (χ4n) is 11.8. The average Bonchev–Trinajstić information content (AvgIpc) is 0.763. The number of methoxy groups -OCH3 is 1. The maximum atomic E-state index is 14.8. The van der Waals surface area contributed by atoms with E-state index in [0.29, 0.717) is 0 Å². The molecule has 0 saturated carbocycles. The van der Waals surface area contributed by atoms with Crippen molar-refractivity contribution in [3.63, 3.8) is 0 Å². The molecule has 7 unspecified atom stereocenters. The highest BCUT2D eigenvalue weighted by Gasteiger charge is 2.59. The molecule has 0 bridgehead atoms. The van der Waals surface area contributed by atoms with Gasteiger partial charge in [0.2, 0.25) is 0 Å². The Morgan fingerprint density at radius 3 is 0.911 bits per heavy atom. The molecule has 8 aromatic carbocycles. The molecule has 0 N–H and O–H groups in total. The Morgan fingerprint density at radius 1 is 0.287 bits per heavy atom. The Kier molecular flexibility index (Phi) is 24.0. The van der Waals surface area contributed by atoms with Gasteiger partial charge in [-0.05, 0) is 111 Å². The van der Waals surface area contributed by atoms with E-state index in [1.807, 2.05) is 0 Å². The van der Waals surface area contributed by atoms with E-state index in [4.69, 9.17) is 66.3 Å². The maximum absolute atomic E-state index is 14.8. The van der Waals surface area contributed by atoms with Crippen LogP contribution in [0.5, 0.6) is 0 Å². The molecular formula is C78H70O23. The molecule has 15 atom stereocenters. The van der Waals surface area contributed by atoms with E-state index in [9.17, 15) is 43.2 Å². The molecule has 3 heterocycles. The van der Waals surface area contributed by atoms with Crippen LogP contribution in [0.3, 0.4) is 0 Å². The van der Waals surface area contributed by atoms with Gasteiger partial charge < -0.3 is 66.3 Å². The lowest BCUT2D eigenvalue weighted by atomic mass is 9.85. The number of hydrogen-bond acceptors (Lipinski definition) is 23. The number of carbonyl (C=O) groups is 9. The van der Waals surface area contributed by atoms with Crippen molar-refractivity contribution in [3.8, 4) is 0 Å². The van der Waals surface area contributed by atoms with E-state index >= 15 is 0 Å². The summed E-state index contributed by atoms with van der Waals surface area (Å²) in [6.07, 6.45) is -25.1. The van der Waals surface area contributed by atoms with Crippen LogP contribution in [0.1, 0.15) is 103 Å². The summed E-state index contributed by atoms with van der Waals surface area (Å²) in [4.78, 5) is 130. The van der Waals surface area contributed by atoms with Gasteiger partial charge >= 0.3 is 53.7 Å². The van der Waals surface area contributed by atoms with Crippen molar-refractivity contribution in [1.29, 1.82) is 0 Å². The van der Waals surface area contributed by atoms with Crippen LogP contribution in [0.4, 0.5) is 0 Å². The Balaban J connectivity index is 1.08. The molecule has 0 aliphatic carbocycles. The summed E-state index contributed by atoms with van der Waals surface area (Å²) < 4.78 is 90.4. The molecule has 0 aromatic heterocycles. The molecule has 3 aliphatic rings. The summed E-state index contributed by atoms with van der Waals surface area (Å²) in [7, 11) is 1.10. The van der Waals surface area contributed by atoms with Crippen LogP contribution in [0.2, 0.25) is 0 Å². The summed E-state index contributed by atoms with van der Waals surface area (Å²) in [5.41, 5.74) is 0.412. The van der Waals surface area contributed by atoms with Crippen LogP contribution in [-0.4, -0.2) is 160 Å². The number of rotatable bonds is 24. The van der Waals surface area contributed by atoms with E-state index in [-0.39, 0.29) is 44.5 Å². The van der Waals surface area contributed by atoms with Gasteiger partial charge in [-0.3, -0.25) is 4.79 Å². The van der Waals surface area contributed by atoms with Crippen molar-refractivity contribution < 1.29 is 109 Å². The van der Waals surface area contributed by atoms with Crippen molar-refractivity contribution in [3.05, 3.63) is 287 Å². The highest BCUT2D eigenvalue weighted by molar-refractivity contribution is 5.93.